The predicted molar refractivity (Wildman–Crippen MR) is 30.8 cm³/mol. The van der Waals surface area contributed by atoms with Crippen molar-refractivity contribution < 1.29 is 15.0 Å². The molecule has 9 heavy (non-hydrogen) atoms. The number of ketones is 1. The highest BCUT2D eigenvalue weighted by molar-refractivity contribution is 5.95. The summed E-state index contributed by atoms with van der Waals surface area (Å²) in [7, 11) is 0. The molecule has 0 spiro atoms. The van der Waals surface area contributed by atoms with Crippen LogP contribution in [0.1, 0.15) is 13.8 Å². The van der Waals surface area contributed by atoms with Gasteiger partial charge in [0.15, 0.2) is 5.78 Å². The van der Waals surface area contributed by atoms with Crippen molar-refractivity contribution in [2.45, 2.75) is 26.1 Å². The second-order valence-corrected chi connectivity index (χ2v) is 3.03. The van der Waals surface area contributed by atoms with E-state index < -0.39 is 23.4 Å². The van der Waals surface area contributed by atoms with Crippen LogP contribution in [0.5, 0.6) is 0 Å². The first-order valence-electron chi connectivity index (χ1n) is 2.88. The molecule has 1 fully saturated rings. The van der Waals surface area contributed by atoms with E-state index >= 15 is 0 Å². The molecule has 0 radical (unpaired) electrons. The topological polar surface area (TPSA) is 57.5 Å². The monoisotopic (exact) mass is 130 g/mol. The molecule has 1 saturated carbocycles. The van der Waals surface area contributed by atoms with Crippen LogP contribution < -0.4 is 0 Å². The quantitative estimate of drug-likeness (QED) is 0.456. The Morgan fingerprint density at radius 2 is 1.67 bits per heavy atom. The zero-order valence-electron chi connectivity index (χ0n) is 5.46. The van der Waals surface area contributed by atoms with E-state index in [1.54, 1.807) is 13.8 Å². The first-order chi connectivity index (χ1) is 3.98. The highest BCUT2D eigenvalue weighted by Crippen LogP contribution is 2.37. The smallest absolute Gasteiger partial charge is 0.190 e. The average Bonchev–Trinajstić information content (AvgIpc) is 1.84. The first kappa shape index (κ1) is 6.71. The number of hydrogen-bond acceptors (Lipinski definition) is 3. The lowest BCUT2D eigenvalue weighted by Gasteiger charge is -2.43. The molecule has 0 aromatic carbocycles. The van der Waals surface area contributed by atoms with Crippen LogP contribution >= 0.6 is 0 Å². The van der Waals surface area contributed by atoms with Crippen molar-refractivity contribution in [2.24, 2.45) is 5.41 Å². The normalized spacial score (nSPS) is 40.2. The zero-order chi connectivity index (χ0) is 7.23. The second kappa shape index (κ2) is 1.55. The Morgan fingerprint density at radius 1 is 1.33 bits per heavy atom. The van der Waals surface area contributed by atoms with Crippen molar-refractivity contribution in [3.05, 3.63) is 0 Å². The number of aliphatic hydroxyl groups is 2. The highest BCUT2D eigenvalue weighted by Gasteiger charge is 2.54. The lowest BCUT2D eigenvalue weighted by Crippen LogP contribution is -2.62. The molecule has 52 valence electrons. The number of Topliss-reactive ketones (excluding diaryl/α,β-unsaturated/α-hetero) is 1. The number of carbonyl (C=O) groups excluding carboxylic acids is 1. The SMILES string of the molecule is CC1(C)C(O)C(=O)C1O. The van der Waals surface area contributed by atoms with Gasteiger partial charge in [-0.15, -0.1) is 0 Å². The van der Waals surface area contributed by atoms with Crippen LogP contribution in [0, 0.1) is 5.41 Å². The lowest BCUT2D eigenvalue weighted by atomic mass is 9.65. The minimum atomic E-state index is -0.965. The van der Waals surface area contributed by atoms with Gasteiger partial charge in [0.25, 0.3) is 0 Å². The van der Waals surface area contributed by atoms with Crippen LogP contribution in [0.4, 0.5) is 0 Å². The van der Waals surface area contributed by atoms with E-state index in [0.717, 1.165) is 0 Å². The van der Waals surface area contributed by atoms with Crippen LogP contribution in [0.3, 0.4) is 0 Å². The van der Waals surface area contributed by atoms with Crippen LogP contribution in [-0.2, 0) is 4.79 Å². The third-order valence-electron chi connectivity index (χ3n) is 1.95. The molecule has 0 bridgehead atoms. The summed E-state index contributed by atoms with van der Waals surface area (Å²) in [5.74, 6) is -0.458. The van der Waals surface area contributed by atoms with E-state index in [-0.39, 0.29) is 0 Å². The molecule has 3 heteroatoms. The minimum Gasteiger partial charge on any atom is -0.385 e. The Hall–Kier alpha value is -0.410. The summed E-state index contributed by atoms with van der Waals surface area (Å²) in [6, 6.07) is 0. The molecular weight excluding hydrogens is 120 g/mol. The maximum atomic E-state index is 10.5. The number of rotatable bonds is 0. The molecule has 0 aromatic rings. The molecule has 1 rings (SSSR count). The van der Waals surface area contributed by atoms with E-state index in [4.69, 9.17) is 10.2 Å². The molecule has 1 aliphatic rings. The lowest BCUT2D eigenvalue weighted by molar-refractivity contribution is -0.178. The third kappa shape index (κ3) is 0.618. The Labute approximate surface area is 53.3 Å². The fourth-order valence-electron chi connectivity index (χ4n) is 0.936. The molecule has 0 amide bonds. The van der Waals surface area contributed by atoms with E-state index in [1.165, 1.54) is 0 Å². The Kier molecular flexibility index (Phi) is 1.15. The van der Waals surface area contributed by atoms with E-state index in [2.05, 4.69) is 0 Å². The number of hydrogen-bond donors (Lipinski definition) is 2. The third-order valence-corrected chi connectivity index (χ3v) is 1.95. The van der Waals surface area contributed by atoms with Gasteiger partial charge in [0, 0.05) is 5.41 Å². The standard InChI is InChI=1S/C6H10O3/c1-6(2)4(8)3(7)5(6)9/h4-5,8-9H,1-2H3. The summed E-state index contributed by atoms with van der Waals surface area (Å²) in [6.45, 7) is 3.31. The van der Waals surface area contributed by atoms with Crippen LogP contribution in [-0.4, -0.2) is 28.2 Å². The second-order valence-electron chi connectivity index (χ2n) is 3.03. The van der Waals surface area contributed by atoms with Crippen molar-refractivity contribution in [2.75, 3.05) is 0 Å². The summed E-state index contributed by atoms with van der Waals surface area (Å²) in [6.07, 6.45) is -1.93. The van der Waals surface area contributed by atoms with Crippen LogP contribution in [0.2, 0.25) is 0 Å². The Balaban J connectivity index is 2.73. The summed E-state index contributed by atoms with van der Waals surface area (Å²) >= 11 is 0. The summed E-state index contributed by atoms with van der Waals surface area (Å²) in [5.41, 5.74) is -0.628. The van der Waals surface area contributed by atoms with Crippen LogP contribution in [0.25, 0.3) is 0 Å². The van der Waals surface area contributed by atoms with Gasteiger partial charge in [-0.25, -0.2) is 0 Å². The zero-order valence-corrected chi connectivity index (χ0v) is 5.46. The average molecular weight is 130 g/mol. The van der Waals surface area contributed by atoms with Gasteiger partial charge in [0.2, 0.25) is 0 Å². The molecule has 2 N–H and O–H groups in total. The van der Waals surface area contributed by atoms with Gasteiger partial charge in [0.05, 0.1) is 0 Å². The van der Waals surface area contributed by atoms with E-state index in [0.29, 0.717) is 0 Å². The fourth-order valence-corrected chi connectivity index (χ4v) is 0.936. The molecule has 2 unspecified atom stereocenters. The minimum absolute atomic E-state index is 0.458. The van der Waals surface area contributed by atoms with E-state index in [9.17, 15) is 4.79 Å². The van der Waals surface area contributed by atoms with Gasteiger partial charge < -0.3 is 10.2 Å². The van der Waals surface area contributed by atoms with Gasteiger partial charge in [-0.05, 0) is 0 Å². The Bertz CT molecular complexity index is 136. The molecule has 0 heterocycles. The number of carbonyl (C=O) groups is 1. The van der Waals surface area contributed by atoms with Crippen molar-refractivity contribution in [3.8, 4) is 0 Å². The Morgan fingerprint density at radius 3 is 1.78 bits per heavy atom. The molecule has 0 saturated heterocycles. The summed E-state index contributed by atoms with van der Waals surface area (Å²) in [4.78, 5) is 10.5. The van der Waals surface area contributed by atoms with Crippen molar-refractivity contribution in [1.29, 1.82) is 0 Å². The molecular formula is C6H10O3. The van der Waals surface area contributed by atoms with Crippen molar-refractivity contribution in [1.82, 2.24) is 0 Å². The summed E-state index contributed by atoms with van der Waals surface area (Å²) in [5, 5.41) is 17.8. The first-order valence-corrected chi connectivity index (χ1v) is 2.88. The molecule has 1 aliphatic carbocycles. The molecule has 0 aromatic heterocycles. The molecule has 3 nitrogen and oxygen atoms in total. The van der Waals surface area contributed by atoms with E-state index in [1.807, 2.05) is 0 Å². The maximum Gasteiger partial charge on any atom is 0.190 e. The van der Waals surface area contributed by atoms with Gasteiger partial charge in [-0.1, -0.05) is 13.8 Å². The van der Waals surface area contributed by atoms with Crippen molar-refractivity contribution >= 4 is 5.78 Å². The predicted octanol–water partition coefficient (Wildman–Crippen LogP) is -0.683. The summed E-state index contributed by atoms with van der Waals surface area (Å²) < 4.78 is 0. The van der Waals surface area contributed by atoms with Gasteiger partial charge in [-0.3, -0.25) is 4.79 Å². The largest absolute Gasteiger partial charge is 0.385 e. The highest BCUT2D eigenvalue weighted by atomic mass is 16.3. The van der Waals surface area contributed by atoms with Crippen LogP contribution in [0.15, 0.2) is 0 Å². The number of aliphatic hydroxyl groups excluding tert-OH is 2. The molecule has 2 atom stereocenters. The maximum absolute atomic E-state index is 10.5. The fraction of sp³-hybridized carbons (Fsp3) is 0.833. The molecule has 0 aliphatic heterocycles. The van der Waals surface area contributed by atoms with Gasteiger partial charge >= 0.3 is 0 Å². The van der Waals surface area contributed by atoms with Gasteiger partial charge in [0.1, 0.15) is 12.2 Å². The van der Waals surface area contributed by atoms with Gasteiger partial charge in [-0.2, -0.15) is 0 Å². The van der Waals surface area contributed by atoms with Crippen molar-refractivity contribution in [3.63, 3.8) is 0 Å².